The summed E-state index contributed by atoms with van der Waals surface area (Å²) >= 11 is 0. The number of carbonyl (C=O) groups excluding carboxylic acids is 7. The molecule has 1 aliphatic heterocycles. The number of nitrogens with zero attached hydrogens (tertiary/aromatic N) is 2. The number of carbonyl (C=O) groups is 7. The van der Waals surface area contributed by atoms with Crippen molar-refractivity contribution in [1.82, 2.24) is 31.1 Å². The van der Waals surface area contributed by atoms with Crippen molar-refractivity contribution in [2.24, 2.45) is 11.8 Å². The molecule has 0 radical (unpaired) electrons. The van der Waals surface area contributed by atoms with Gasteiger partial charge in [-0.15, -0.1) is 0 Å². The number of hydrogen-bond donors (Lipinski definition) is 5. The molecule has 3 rings (SSSR count). The minimum Gasteiger partial charge on any atom is -0.449 e. The van der Waals surface area contributed by atoms with E-state index in [-0.39, 0.29) is 43.7 Å². The van der Waals surface area contributed by atoms with Crippen molar-refractivity contribution in [3.05, 3.63) is 35.9 Å². The van der Waals surface area contributed by atoms with Crippen LogP contribution in [0, 0.1) is 11.8 Å². The molecule has 51 heavy (non-hydrogen) atoms. The second-order valence-electron chi connectivity index (χ2n) is 13.9. The Balaban J connectivity index is 1.67. The molecule has 2 aliphatic rings. The van der Waals surface area contributed by atoms with E-state index in [1.54, 1.807) is 51.4 Å². The molecule has 5 atom stereocenters. The summed E-state index contributed by atoms with van der Waals surface area (Å²) in [5, 5.41) is 20.7. The summed E-state index contributed by atoms with van der Waals surface area (Å²) in [4.78, 5) is 94.6. The minimum absolute atomic E-state index is 0.0881. The zero-order valence-corrected chi connectivity index (χ0v) is 30.3. The van der Waals surface area contributed by atoms with Crippen LogP contribution in [0.5, 0.6) is 0 Å². The van der Waals surface area contributed by atoms with Crippen molar-refractivity contribution in [3.8, 4) is 0 Å². The van der Waals surface area contributed by atoms with Crippen molar-refractivity contribution in [1.29, 1.82) is 0 Å². The number of β-amino-alcohol motifs (C(OH)–C–C–N with tert-alkyl or cyclic N) is 1. The maximum Gasteiger partial charge on any atom is 0.407 e. The summed E-state index contributed by atoms with van der Waals surface area (Å²) in [7, 11) is 3.09. The zero-order valence-electron chi connectivity index (χ0n) is 30.3. The number of amides is 6. The highest BCUT2D eigenvalue weighted by Crippen LogP contribution is 2.29. The molecule has 0 spiro atoms. The first-order chi connectivity index (χ1) is 24.2. The fourth-order valence-corrected chi connectivity index (χ4v) is 6.38. The van der Waals surface area contributed by atoms with Crippen molar-refractivity contribution in [3.63, 3.8) is 0 Å². The Labute approximate surface area is 299 Å². The molecule has 1 aliphatic carbocycles. The highest BCUT2D eigenvalue weighted by atomic mass is 16.5. The summed E-state index contributed by atoms with van der Waals surface area (Å²) in [5.41, 5.74) is 0.536. The molecular weight excluding hydrogens is 660 g/mol. The van der Waals surface area contributed by atoms with E-state index in [4.69, 9.17) is 4.74 Å². The van der Waals surface area contributed by atoms with Gasteiger partial charge in [0.15, 0.2) is 0 Å². The summed E-state index contributed by atoms with van der Waals surface area (Å²) in [5.74, 6) is -4.55. The Hall–Kier alpha value is -4.53. The van der Waals surface area contributed by atoms with Crippen LogP contribution in [0.2, 0.25) is 0 Å². The topological polar surface area (TPSA) is 204 Å². The molecule has 15 nitrogen and oxygen atoms in total. The van der Waals surface area contributed by atoms with Crippen molar-refractivity contribution < 1.29 is 43.4 Å². The van der Waals surface area contributed by atoms with E-state index < -0.39 is 72.3 Å². The Morgan fingerprint density at radius 2 is 1.63 bits per heavy atom. The van der Waals surface area contributed by atoms with Crippen LogP contribution in [-0.4, -0.2) is 114 Å². The maximum atomic E-state index is 14.0. The second-order valence-corrected chi connectivity index (χ2v) is 13.9. The largest absolute Gasteiger partial charge is 0.449 e. The number of alkyl carbamates (subject to hydrolysis) is 1. The molecule has 6 amide bonds. The summed E-state index contributed by atoms with van der Waals surface area (Å²) in [6.07, 6.45) is 2.84. The maximum absolute atomic E-state index is 14.0. The molecule has 0 aromatic heterocycles. The number of likely N-dealkylation sites (N-methyl/N-ethyl adjacent to an activating group) is 1. The highest BCUT2D eigenvalue weighted by molar-refractivity contribution is 6.38. The number of rotatable bonds is 16. The Morgan fingerprint density at radius 1 is 0.961 bits per heavy atom. The molecule has 282 valence electrons. The van der Waals surface area contributed by atoms with Gasteiger partial charge in [0.25, 0.3) is 5.91 Å². The van der Waals surface area contributed by atoms with Crippen LogP contribution in [0.15, 0.2) is 30.3 Å². The van der Waals surface area contributed by atoms with Gasteiger partial charge >= 0.3 is 6.09 Å². The van der Waals surface area contributed by atoms with Gasteiger partial charge in [-0.2, -0.15) is 0 Å². The number of nitrogens with one attached hydrogen (secondary N) is 4. The number of likely N-dealkylation sites (tertiary alicyclic amines) is 1. The zero-order chi connectivity index (χ0) is 37.7. The van der Waals surface area contributed by atoms with Crippen molar-refractivity contribution in [2.75, 3.05) is 33.8 Å². The molecule has 1 unspecified atom stereocenters. The fourth-order valence-electron chi connectivity index (χ4n) is 6.38. The summed E-state index contributed by atoms with van der Waals surface area (Å²) < 4.78 is 5.29. The van der Waals surface area contributed by atoms with E-state index in [0.29, 0.717) is 24.8 Å². The van der Waals surface area contributed by atoms with Gasteiger partial charge < -0.3 is 40.9 Å². The predicted molar refractivity (Wildman–Crippen MR) is 187 cm³/mol. The van der Waals surface area contributed by atoms with Crippen LogP contribution < -0.4 is 21.3 Å². The minimum atomic E-state index is -1.27. The van der Waals surface area contributed by atoms with E-state index >= 15 is 0 Å². The lowest BCUT2D eigenvalue weighted by molar-refractivity contribution is -0.143. The average Bonchev–Trinajstić information content (AvgIpc) is 3.52. The van der Waals surface area contributed by atoms with Crippen LogP contribution >= 0.6 is 0 Å². The van der Waals surface area contributed by atoms with Crippen LogP contribution in [0.1, 0.15) is 83.7 Å². The Kier molecular flexibility index (Phi) is 15.8. The van der Waals surface area contributed by atoms with E-state index in [2.05, 4.69) is 21.3 Å². The van der Waals surface area contributed by atoms with Gasteiger partial charge in [0.1, 0.15) is 18.1 Å². The van der Waals surface area contributed by atoms with Crippen LogP contribution in [0.25, 0.3) is 0 Å². The van der Waals surface area contributed by atoms with Gasteiger partial charge in [-0.3, -0.25) is 28.8 Å². The van der Waals surface area contributed by atoms with Crippen molar-refractivity contribution >= 4 is 41.4 Å². The molecule has 1 aromatic rings. The third kappa shape index (κ3) is 12.0. The van der Waals surface area contributed by atoms with E-state index in [9.17, 15) is 38.7 Å². The average molecular weight is 715 g/mol. The molecule has 5 N–H and O–H groups in total. The molecule has 0 bridgehead atoms. The van der Waals surface area contributed by atoms with E-state index in [1.165, 1.54) is 9.80 Å². The lowest BCUT2D eigenvalue weighted by Crippen LogP contribution is -2.58. The normalized spacial score (nSPS) is 19.3. The first-order valence-corrected chi connectivity index (χ1v) is 17.8. The third-order valence-electron chi connectivity index (χ3n) is 9.04. The monoisotopic (exact) mass is 714 g/mol. The number of hydrogen-bond acceptors (Lipinski definition) is 9. The van der Waals surface area contributed by atoms with Crippen LogP contribution in [0.4, 0.5) is 4.79 Å². The Bertz CT molecular complexity index is 1380. The molecule has 2 fully saturated rings. The van der Waals surface area contributed by atoms with E-state index in [1.807, 2.05) is 13.8 Å². The van der Waals surface area contributed by atoms with Gasteiger partial charge in [0, 0.05) is 27.1 Å². The van der Waals surface area contributed by atoms with Crippen LogP contribution in [0.3, 0.4) is 0 Å². The third-order valence-corrected chi connectivity index (χ3v) is 9.04. The molecule has 1 saturated heterocycles. The highest BCUT2D eigenvalue weighted by Gasteiger charge is 2.44. The predicted octanol–water partition coefficient (Wildman–Crippen LogP) is 1.20. The fraction of sp³-hybridized carbons (Fsp3) is 0.639. The number of aliphatic hydroxyl groups is 1. The van der Waals surface area contributed by atoms with Gasteiger partial charge in [-0.1, -0.05) is 76.8 Å². The van der Waals surface area contributed by atoms with Crippen LogP contribution in [-0.2, 0) is 33.5 Å². The van der Waals surface area contributed by atoms with Gasteiger partial charge in [0.2, 0.25) is 29.4 Å². The lowest BCUT2D eigenvalue weighted by Gasteiger charge is -2.34. The van der Waals surface area contributed by atoms with Gasteiger partial charge in [-0.25, -0.2) is 4.79 Å². The lowest BCUT2D eigenvalue weighted by atomic mass is 9.83. The van der Waals surface area contributed by atoms with Crippen molar-refractivity contribution in [2.45, 2.75) is 102 Å². The molecule has 1 saturated carbocycles. The Morgan fingerprint density at radius 3 is 2.24 bits per heavy atom. The second kappa shape index (κ2) is 19.8. The number of Topliss-reactive ketones (excluding diaryl/α,β-unsaturated/α-hetero) is 1. The molecule has 15 heteroatoms. The SMILES string of the molecule is CCCC(NC(=O)[C@@H]1C[C@@H](O)CN1C(=O)[C@@H](NC(=O)OCC(C)C)C1CCCCC1)C(=O)C(=O)NCC(=O)N[C@H](C(=O)N(C)C)c1ccccc1. The molecule has 1 heterocycles. The summed E-state index contributed by atoms with van der Waals surface area (Å²) in [6, 6.07) is 4.16. The van der Waals surface area contributed by atoms with Gasteiger partial charge in [0.05, 0.1) is 25.3 Å². The molecular formula is C36H54N6O9. The summed E-state index contributed by atoms with van der Waals surface area (Å²) in [6.45, 7) is 4.96. The number of ketones is 1. The quantitative estimate of drug-likeness (QED) is 0.156. The molecule has 1 aromatic carbocycles. The smallest absolute Gasteiger partial charge is 0.407 e. The first-order valence-electron chi connectivity index (χ1n) is 17.8. The van der Waals surface area contributed by atoms with E-state index in [0.717, 1.165) is 19.3 Å². The van der Waals surface area contributed by atoms with Gasteiger partial charge in [-0.05, 0) is 36.7 Å². The number of ether oxygens (including phenoxy) is 1. The standard InChI is InChI=1S/C36H54N6O9/c1-6-13-26(31(45)33(47)37-19-28(44)39-29(34(48)41(4)5)23-14-9-7-10-15-23)38-32(46)27-18-25(43)20-42(27)35(49)30(24-16-11-8-12-17-24)40-36(50)51-21-22(2)3/h7,9-10,14-15,22,24-27,29-30,43H,6,8,11-13,16-21H2,1-5H3,(H,37,47)(H,38,46)(H,39,44)(H,40,50)/t25-,26?,27+,29+,30+/m1/s1. The number of benzene rings is 1. The number of aliphatic hydroxyl groups excluding tert-OH is 1. The first kappa shape index (κ1) is 40.9.